The highest BCUT2D eigenvalue weighted by atomic mass is 32.1. The number of benzene rings is 1. The van der Waals surface area contributed by atoms with Crippen molar-refractivity contribution in [3.63, 3.8) is 0 Å². The Hall–Kier alpha value is -1.00. The van der Waals surface area contributed by atoms with Crippen LogP contribution in [0.1, 0.15) is 18.3 Å². The van der Waals surface area contributed by atoms with E-state index in [1.807, 2.05) is 0 Å². The third kappa shape index (κ3) is 3.31. The molecule has 104 valence electrons. The molecular formula is C15H23N3S. The molecule has 0 aliphatic heterocycles. The largest absolute Gasteiger partial charge is 0.327 e. The Morgan fingerprint density at radius 3 is 2.74 bits per heavy atom. The number of rotatable bonds is 6. The van der Waals surface area contributed by atoms with Gasteiger partial charge in [0.2, 0.25) is 0 Å². The fraction of sp³-hybridized carbons (Fsp3) is 0.533. The van der Waals surface area contributed by atoms with E-state index < -0.39 is 0 Å². The maximum Gasteiger partial charge on any atom is 0.110 e. The van der Waals surface area contributed by atoms with E-state index in [9.17, 15) is 0 Å². The van der Waals surface area contributed by atoms with E-state index in [2.05, 4.69) is 61.3 Å². The number of hydrogen-bond donors (Lipinski definition) is 1. The van der Waals surface area contributed by atoms with Gasteiger partial charge in [-0.2, -0.15) is 12.6 Å². The van der Waals surface area contributed by atoms with Gasteiger partial charge in [-0.25, -0.2) is 4.98 Å². The van der Waals surface area contributed by atoms with Crippen LogP contribution in [-0.2, 0) is 19.4 Å². The predicted octanol–water partition coefficient (Wildman–Crippen LogP) is 2.63. The highest BCUT2D eigenvalue weighted by Gasteiger charge is 2.10. The van der Waals surface area contributed by atoms with Crippen molar-refractivity contribution in [1.29, 1.82) is 0 Å². The van der Waals surface area contributed by atoms with Gasteiger partial charge in [-0.1, -0.05) is 13.0 Å². The lowest BCUT2D eigenvalue weighted by atomic mass is 10.1. The quantitative estimate of drug-likeness (QED) is 0.820. The zero-order valence-electron chi connectivity index (χ0n) is 12.1. The third-order valence-corrected chi connectivity index (χ3v) is 3.63. The molecule has 4 heteroatoms. The van der Waals surface area contributed by atoms with E-state index in [1.165, 1.54) is 11.1 Å². The summed E-state index contributed by atoms with van der Waals surface area (Å²) in [7, 11) is 4.21. The van der Waals surface area contributed by atoms with Crippen molar-refractivity contribution >= 4 is 23.7 Å². The normalized spacial score (nSPS) is 11.6. The summed E-state index contributed by atoms with van der Waals surface area (Å²) in [6, 6.07) is 6.63. The number of hydrogen-bond acceptors (Lipinski definition) is 3. The van der Waals surface area contributed by atoms with Gasteiger partial charge in [0.1, 0.15) is 5.82 Å². The lowest BCUT2D eigenvalue weighted by Gasteiger charge is -2.13. The molecule has 3 nitrogen and oxygen atoms in total. The Morgan fingerprint density at radius 2 is 2.11 bits per heavy atom. The standard InChI is InChI=1S/C15H23N3S/c1-4-12-5-6-14-13(11-12)16-15(7-10-19)18(14)9-8-17(2)3/h5-6,11,19H,4,7-10H2,1-3H3. The molecule has 0 spiro atoms. The molecule has 0 atom stereocenters. The van der Waals surface area contributed by atoms with Crippen LogP contribution >= 0.6 is 12.6 Å². The molecule has 1 heterocycles. The lowest BCUT2D eigenvalue weighted by molar-refractivity contribution is 0.383. The molecule has 0 aliphatic carbocycles. The van der Waals surface area contributed by atoms with Crippen LogP contribution in [0.5, 0.6) is 0 Å². The van der Waals surface area contributed by atoms with Crippen molar-refractivity contribution in [2.24, 2.45) is 0 Å². The maximum absolute atomic E-state index is 4.78. The van der Waals surface area contributed by atoms with Crippen LogP contribution in [-0.4, -0.2) is 40.8 Å². The van der Waals surface area contributed by atoms with Gasteiger partial charge in [0.25, 0.3) is 0 Å². The fourth-order valence-electron chi connectivity index (χ4n) is 2.29. The lowest BCUT2D eigenvalue weighted by Crippen LogP contribution is -2.19. The zero-order valence-corrected chi connectivity index (χ0v) is 13.0. The molecule has 1 aromatic heterocycles. The molecule has 0 saturated carbocycles. The molecule has 0 amide bonds. The molecule has 0 N–H and O–H groups in total. The highest BCUT2D eigenvalue weighted by Crippen LogP contribution is 2.19. The average molecular weight is 277 g/mol. The molecule has 19 heavy (non-hydrogen) atoms. The first-order chi connectivity index (χ1) is 9.15. The second kappa shape index (κ2) is 6.44. The zero-order chi connectivity index (χ0) is 13.8. The van der Waals surface area contributed by atoms with Crippen LogP contribution in [0.2, 0.25) is 0 Å². The number of nitrogens with zero attached hydrogens (tertiary/aromatic N) is 3. The smallest absolute Gasteiger partial charge is 0.110 e. The van der Waals surface area contributed by atoms with Gasteiger partial charge in [0, 0.05) is 19.5 Å². The highest BCUT2D eigenvalue weighted by molar-refractivity contribution is 7.80. The van der Waals surface area contributed by atoms with Crippen LogP contribution in [0.15, 0.2) is 18.2 Å². The summed E-state index contributed by atoms with van der Waals surface area (Å²) in [6.07, 6.45) is 1.98. The van der Waals surface area contributed by atoms with Crippen LogP contribution in [0.4, 0.5) is 0 Å². The number of aryl methyl sites for hydroxylation is 2. The summed E-state index contributed by atoms with van der Waals surface area (Å²) >= 11 is 4.34. The number of aromatic nitrogens is 2. The predicted molar refractivity (Wildman–Crippen MR) is 85.2 cm³/mol. The molecule has 2 rings (SSSR count). The first-order valence-corrected chi connectivity index (χ1v) is 7.52. The van der Waals surface area contributed by atoms with Crippen molar-refractivity contribution in [2.45, 2.75) is 26.3 Å². The van der Waals surface area contributed by atoms with Gasteiger partial charge in [0.15, 0.2) is 0 Å². The van der Waals surface area contributed by atoms with E-state index >= 15 is 0 Å². The molecule has 0 fully saturated rings. The molecular weight excluding hydrogens is 254 g/mol. The van der Waals surface area contributed by atoms with Crippen molar-refractivity contribution in [2.75, 3.05) is 26.4 Å². The van der Waals surface area contributed by atoms with E-state index in [0.29, 0.717) is 0 Å². The minimum atomic E-state index is 0.839. The minimum Gasteiger partial charge on any atom is -0.327 e. The van der Waals surface area contributed by atoms with Crippen molar-refractivity contribution in [3.05, 3.63) is 29.6 Å². The molecule has 0 saturated heterocycles. The van der Waals surface area contributed by atoms with Gasteiger partial charge >= 0.3 is 0 Å². The van der Waals surface area contributed by atoms with Crippen LogP contribution in [0, 0.1) is 0 Å². The van der Waals surface area contributed by atoms with E-state index in [1.54, 1.807) is 0 Å². The second-order valence-corrected chi connectivity index (χ2v) is 5.58. The minimum absolute atomic E-state index is 0.839. The van der Waals surface area contributed by atoms with Crippen molar-refractivity contribution in [1.82, 2.24) is 14.5 Å². The fourth-order valence-corrected chi connectivity index (χ4v) is 2.49. The van der Waals surface area contributed by atoms with Gasteiger partial charge in [-0.15, -0.1) is 0 Å². The molecule has 0 aliphatic rings. The van der Waals surface area contributed by atoms with Crippen molar-refractivity contribution < 1.29 is 0 Å². The summed E-state index contributed by atoms with van der Waals surface area (Å²) in [5.41, 5.74) is 3.72. The van der Waals surface area contributed by atoms with Gasteiger partial charge < -0.3 is 9.47 Å². The molecule has 0 bridgehead atoms. The Kier molecular flexibility index (Phi) is 4.88. The third-order valence-electron chi connectivity index (χ3n) is 3.41. The Morgan fingerprint density at radius 1 is 1.32 bits per heavy atom. The Bertz CT molecular complexity index is 546. The topological polar surface area (TPSA) is 21.1 Å². The summed E-state index contributed by atoms with van der Waals surface area (Å²) in [5, 5.41) is 0. The van der Waals surface area contributed by atoms with Crippen LogP contribution in [0.25, 0.3) is 11.0 Å². The van der Waals surface area contributed by atoms with E-state index in [0.717, 1.165) is 43.0 Å². The SMILES string of the molecule is CCc1ccc2c(c1)nc(CCS)n2CCN(C)C. The number of fused-ring (bicyclic) bond motifs is 1. The molecule has 0 radical (unpaired) electrons. The first kappa shape index (κ1) is 14.4. The number of likely N-dealkylation sites (N-methyl/N-ethyl adjacent to an activating group) is 1. The van der Waals surface area contributed by atoms with Crippen LogP contribution < -0.4 is 0 Å². The number of thiol groups is 1. The Labute approximate surface area is 121 Å². The summed E-state index contributed by atoms with van der Waals surface area (Å²) < 4.78 is 2.34. The van der Waals surface area contributed by atoms with E-state index in [-0.39, 0.29) is 0 Å². The van der Waals surface area contributed by atoms with Crippen LogP contribution in [0.3, 0.4) is 0 Å². The van der Waals surface area contributed by atoms with E-state index in [4.69, 9.17) is 4.98 Å². The molecule has 2 aromatic rings. The summed E-state index contributed by atoms with van der Waals surface area (Å²) in [4.78, 5) is 6.99. The maximum atomic E-state index is 4.78. The van der Waals surface area contributed by atoms with Gasteiger partial charge in [0.05, 0.1) is 11.0 Å². The monoisotopic (exact) mass is 277 g/mol. The first-order valence-electron chi connectivity index (χ1n) is 6.89. The molecule has 1 aromatic carbocycles. The van der Waals surface area contributed by atoms with Gasteiger partial charge in [-0.05, 0) is 44.0 Å². The molecule has 0 unspecified atom stereocenters. The number of imidazole rings is 1. The Balaban J connectivity index is 2.41. The summed E-state index contributed by atoms with van der Waals surface area (Å²) in [6.45, 7) is 4.19. The average Bonchev–Trinajstić information content (AvgIpc) is 2.73. The van der Waals surface area contributed by atoms with Crippen molar-refractivity contribution in [3.8, 4) is 0 Å². The summed E-state index contributed by atoms with van der Waals surface area (Å²) in [5.74, 6) is 1.99. The van der Waals surface area contributed by atoms with Gasteiger partial charge in [-0.3, -0.25) is 0 Å². The second-order valence-electron chi connectivity index (χ2n) is 5.13.